The van der Waals surface area contributed by atoms with Crippen LogP contribution in [0.5, 0.6) is 5.88 Å². The van der Waals surface area contributed by atoms with E-state index in [2.05, 4.69) is 4.98 Å². The lowest BCUT2D eigenvalue weighted by Gasteiger charge is -2.05. The second-order valence-corrected chi connectivity index (χ2v) is 3.01. The number of furan rings is 1. The molecule has 0 aliphatic carbocycles. The maximum atomic E-state index is 13.1. The lowest BCUT2D eigenvalue weighted by Crippen LogP contribution is -2.03. The number of anilines is 1. The number of nitrogens with zero attached hydrogens (tertiary/aromatic N) is 1. The van der Waals surface area contributed by atoms with Gasteiger partial charge in [-0.05, 0) is 12.1 Å². The predicted octanol–water partition coefficient (Wildman–Crippen LogP) is 2.11. The third kappa shape index (κ3) is 2.10. The molecule has 0 aliphatic heterocycles. The van der Waals surface area contributed by atoms with Gasteiger partial charge in [-0.1, -0.05) is 0 Å². The molecule has 0 amide bonds. The highest BCUT2D eigenvalue weighted by Gasteiger charge is 2.11. The van der Waals surface area contributed by atoms with E-state index in [-0.39, 0.29) is 12.5 Å². The van der Waals surface area contributed by atoms with Crippen LogP contribution in [0.2, 0.25) is 0 Å². The summed E-state index contributed by atoms with van der Waals surface area (Å²) in [7, 11) is 0. The number of nitrogen functional groups attached to an aromatic ring is 1. The highest BCUT2D eigenvalue weighted by molar-refractivity contribution is 5.34. The number of pyridine rings is 1. The number of hydrogen-bond acceptors (Lipinski definition) is 4. The zero-order valence-corrected chi connectivity index (χ0v) is 8.11. The molecule has 2 N–H and O–H groups in total. The molecule has 0 aliphatic rings. The van der Waals surface area contributed by atoms with Crippen LogP contribution in [-0.4, -0.2) is 4.98 Å². The Morgan fingerprint density at radius 1 is 1.38 bits per heavy atom. The standard InChI is InChI=1S/C10H8F2N2O2/c11-7-4-8(12)10(14-9(7)13)16-5-6-2-1-3-15-6/h1-4H,5H2,(H2,13,14). The second-order valence-electron chi connectivity index (χ2n) is 3.01. The highest BCUT2D eigenvalue weighted by Crippen LogP contribution is 2.19. The SMILES string of the molecule is Nc1nc(OCc2ccco2)c(F)cc1F. The molecule has 6 heteroatoms. The van der Waals surface area contributed by atoms with Crippen LogP contribution in [0, 0.1) is 11.6 Å². The van der Waals surface area contributed by atoms with Crippen molar-refractivity contribution in [3.63, 3.8) is 0 Å². The Morgan fingerprint density at radius 2 is 2.19 bits per heavy atom. The minimum absolute atomic E-state index is 0.00198. The second kappa shape index (κ2) is 4.18. The van der Waals surface area contributed by atoms with Gasteiger partial charge < -0.3 is 14.9 Å². The topological polar surface area (TPSA) is 61.3 Å². The van der Waals surface area contributed by atoms with E-state index in [9.17, 15) is 8.78 Å². The summed E-state index contributed by atoms with van der Waals surface area (Å²) >= 11 is 0. The fraction of sp³-hybridized carbons (Fsp3) is 0.100. The Bertz CT molecular complexity index is 486. The van der Waals surface area contributed by atoms with Crippen molar-refractivity contribution in [2.24, 2.45) is 0 Å². The third-order valence-electron chi connectivity index (χ3n) is 1.86. The molecule has 0 spiro atoms. The molecule has 0 fully saturated rings. The van der Waals surface area contributed by atoms with Gasteiger partial charge in [0.15, 0.2) is 17.5 Å². The van der Waals surface area contributed by atoms with Crippen molar-refractivity contribution in [1.82, 2.24) is 4.98 Å². The summed E-state index contributed by atoms with van der Waals surface area (Å²) in [6.07, 6.45) is 1.46. The Morgan fingerprint density at radius 3 is 2.88 bits per heavy atom. The van der Waals surface area contributed by atoms with Crippen molar-refractivity contribution in [3.8, 4) is 5.88 Å². The first-order valence-corrected chi connectivity index (χ1v) is 4.43. The van der Waals surface area contributed by atoms with Crippen LogP contribution in [0.4, 0.5) is 14.6 Å². The molecule has 0 saturated heterocycles. The maximum Gasteiger partial charge on any atom is 0.253 e. The van der Waals surface area contributed by atoms with E-state index >= 15 is 0 Å². The predicted molar refractivity (Wildman–Crippen MR) is 51.6 cm³/mol. The van der Waals surface area contributed by atoms with Crippen LogP contribution < -0.4 is 10.5 Å². The van der Waals surface area contributed by atoms with Crippen molar-refractivity contribution in [2.45, 2.75) is 6.61 Å². The van der Waals surface area contributed by atoms with Gasteiger partial charge in [-0.2, -0.15) is 4.98 Å². The van der Waals surface area contributed by atoms with Gasteiger partial charge in [0.2, 0.25) is 0 Å². The molecule has 0 aromatic carbocycles. The van der Waals surface area contributed by atoms with E-state index in [4.69, 9.17) is 14.9 Å². The van der Waals surface area contributed by atoms with Crippen molar-refractivity contribution in [3.05, 3.63) is 41.9 Å². The Kier molecular flexibility index (Phi) is 2.72. The molecule has 2 rings (SSSR count). The van der Waals surface area contributed by atoms with E-state index < -0.39 is 17.5 Å². The molecule has 0 bridgehead atoms. The molecular formula is C10H8F2N2O2. The smallest absolute Gasteiger partial charge is 0.253 e. The summed E-state index contributed by atoms with van der Waals surface area (Å²) in [6.45, 7) is 0.00198. The minimum atomic E-state index is -0.914. The van der Waals surface area contributed by atoms with Gasteiger partial charge in [0.05, 0.1) is 6.26 Å². The van der Waals surface area contributed by atoms with E-state index in [1.807, 2.05) is 0 Å². The van der Waals surface area contributed by atoms with Gasteiger partial charge in [-0.3, -0.25) is 0 Å². The number of hydrogen-bond donors (Lipinski definition) is 1. The largest absolute Gasteiger partial charge is 0.467 e. The van der Waals surface area contributed by atoms with Gasteiger partial charge in [0.25, 0.3) is 5.88 Å². The zero-order valence-electron chi connectivity index (χ0n) is 8.11. The summed E-state index contributed by atoms with van der Waals surface area (Å²) in [5, 5.41) is 0. The van der Waals surface area contributed by atoms with Crippen LogP contribution in [0.15, 0.2) is 28.9 Å². The molecule has 16 heavy (non-hydrogen) atoms. The van der Waals surface area contributed by atoms with Crippen LogP contribution in [0.3, 0.4) is 0 Å². The van der Waals surface area contributed by atoms with Crippen molar-refractivity contribution in [1.29, 1.82) is 0 Å². The molecule has 2 heterocycles. The number of aromatic nitrogens is 1. The van der Waals surface area contributed by atoms with Crippen LogP contribution in [-0.2, 0) is 6.61 Å². The summed E-state index contributed by atoms with van der Waals surface area (Å²) in [5.74, 6) is -2.07. The van der Waals surface area contributed by atoms with Crippen LogP contribution >= 0.6 is 0 Å². The first kappa shape index (κ1) is 10.4. The maximum absolute atomic E-state index is 13.1. The highest BCUT2D eigenvalue weighted by atomic mass is 19.1. The van der Waals surface area contributed by atoms with Crippen molar-refractivity contribution >= 4 is 5.82 Å². The summed E-state index contributed by atoms with van der Waals surface area (Å²) < 4.78 is 35.9. The molecule has 2 aromatic rings. The Labute approximate surface area is 89.7 Å². The van der Waals surface area contributed by atoms with Gasteiger partial charge >= 0.3 is 0 Å². The normalized spacial score (nSPS) is 10.4. The molecule has 0 radical (unpaired) electrons. The molecule has 4 nitrogen and oxygen atoms in total. The molecule has 0 atom stereocenters. The summed E-state index contributed by atoms with van der Waals surface area (Å²) in [6, 6.07) is 3.95. The average molecular weight is 226 g/mol. The molecular weight excluding hydrogens is 218 g/mol. The van der Waals surface area contributed by atoms with E-state index in [0.29, 0.717) is 11.8 Å². The first-order chi connectivity index (χ1) is 7.66. The molecule has 0 saturated carbocycles. The fourth-order valence-corrected chi connectivity index (χ4v) is 1.10. The van der Waals surface area contributed by atoms with Gasteiger partial charge in [0.1, 0.15) is 12.4 Å². The summed E-state index contributed by atoms with van der Waals surface area (Å²) in [5.41, 5.74) is 5.18. The van der Waals surface area contributed by atoms with Crippen LogP contribution in [0.1, 0.15) is 5.76 Å². The van der Waals surface area contributed by atoms with Gasteiger partial charge in [-0.15, -0.1) is 0 Å². The van der Waals surface area contributed by atoms with Gasteiger partial charge in [0, 0.05) is 6.07 Å². The number of rotatable bonds is 3. The number of halogens is 2. The molecule has 84 valence electrons. The van der Waals surface area contributed by atoms with E-state index in [0.717, 1.165) is 0 Å². The lowest BCUT2D eigenvalue weighted by molar-refractivity contribution is 0.247. The minimum Gasteiger partial charge on any atom is -0.467 e. The van der Waals surface area contributed by atoms with E-state index in [1.54, 1.807) is 12.1 Å². The quantitative estimate of drug-likeness (QED) is 0.870. The van der Waals surface area contributed by atoms with E-state index in [1.165, 1.54) is 6.26 Å². The first-order valence-electron chi connectivity index (χ1n) is 4.43. The van der Waals surface area contributed by atoms with Crippen molar-refractivity contribution < 1.29 is 17.9 Å². The lowest BCUT2D eigenvalue weighted by atomic mass is 10.4. The van der Waals surface area contributed by atoms with Crippen molar-refractivity contribution in [2.75, 3.05) is 5.73 Å². The monoisotopic (exact) mass is 226 g/mol. The third-order valence-corrected chi connectivity index (χ3v) is 1.86. The van der Waals surface area contributed by atoms with Gasteiger partial charge in [-0.25, -0.2) is 8.78 Å². The summed E-state index contributed by atoms with van der Waals surface area (Å²) in [4.78, 5) is 3.44. The Balaban J connectivity index is 2.12. The average Bonchev–Trinajstić information content (AvgIpc) is 2.74. The molecule has 2 aromatic heterocycles. The number of ether oxygens (including phenoxy) is 1. The zero-order chi connectivity index (χ0) is 11.5. The Hall–Kier alpha value is -2.11. The van der Waals surface area contributed by atoms with Crippen LogP contribution in [0.25, 0.3) is 0 Å². The molecule has 0 unspecified atom stereocenters. The number of nitrogens with two attached hydrogens (primary N) is 1. The fourth-order valence-electron chi connectivity index (χ4n) is 1.10.